The Hall–Kier alpha value is -2.73. The van der Waals surface area contributed by atoms with E-state index in [4.69, 9.17) is 18.7 Å². The molecule has 2 fully saturated rings. The van der Waals surface area contributed by atoms with Gasteiger partial charge < -0.3 is 28.9 Å². The van der Waals surface area contributed by atoms with Gasteiger partial charge in [-0.05, 0) is 37.8 Å². The van der Waals surface area contributed by atoms with Crippen molar-refractivity contribution in [3.05, 3.63) is 92.3 Å². The second-order valence-electron chi connectivity index (χ2n) is 11.0. The molecule has 0 radical (unpaired) electrons. The summed E-state index contributed by atoms with van der Waals surface area (Å²) >= 11 is 0. The number of hydrogen-bond donors (Lipinski definition) is 4. The van der Waals surface area contributed by atoms with Crippen molar-refractivity contribution in [1.29, 1.82) is 0 Å². The van der Waals surface area contributed by atoms with E-state index >= 15 is 0 Å². The van der Waals surface area contributed by atoms with Crippen molar-refractivity contribution >= 4 is 23.2 Å². The minimum Gasteiger partial charge on any atom is -0.346 e. The summed E-state index contributed by atoms with van der Waals surface area (Å²) in [5.41, 5.74) is 0.0167. The van der Waals surface area contributed by atoms with Crippen LogP contribution in [0.1, 0.15) is 42.7 Å². The number of phosphoric acid groups is 2. The molecule has 1 aliphatic carbocycles. The van der Waals surface area contributed by atoms with Crippen LogP contribution in [0.5, 0.6) is 0 Å². The number of ether oxygens (including phenoxy) is 3. The highest BCUT2D eigenvalue weighted by Crippen LogP contribution is 2.68. The molecule has 2 saturated heterocycles. The molecule has 19 heteroatoms. The lowest BCUT2D eigenvalue weighted by molar-refractivity contribution is -0.152. The van der Waals surface area contributed by atoms with Crippen molar-refractivity contribution in [2.75, 3.05) is 12.8 Å². The van der Waals surface area contributed by atoms with Gasteiger partial charge in [0.25, 0.3) is 5.56 Å². The number of fused-ring (bicyclic) bond motifs is 1. The van der Waals surface area contributed by atoms with Crippen molar-refractivity contribution in [3.63, 3.8) is 0 Å². The predicted molar refractivity (Wildman–Crippen MR) is 165 cm³/mol. The molecule has 5 rings (SSSR count). The Balaban J connectivity index is 1.29. The smallest absolute Gasteiger partial charge is 0.346 e. The van der Waals surface area contributed by atoms with Crippen LogP contribution in [0.2, 0.25) is 0 Å². The van der Waals surface area contributed by atoms with Crippen LogP contribution in [0.25, 0.3) is 0 Å². The number of rotatable bonds is 11. The molecule has 1 aromatic heterocycles. The van der Waals surface area contributed by atoms with Crippen LogP contribution in [-0.2, 0) is 41.1 Å². The zero-order chi connectivity index (χ0) is 34.0. The average Bonchev–Trinajstić information content (AvgIpc) is 3.55. The Morgan fingerprint density at radius 2 is 1.70 bits per heavy atom. The summed E-state index contributed by atoms with van der Waals surface area (Å²) in [6.07, 6.45) is 3.05. The quantitative estimate of drug-likeness (QED) is 0.194. The van der Waals surface area contributed by atoms with Crippen molar-refractivity contribution in [1.82, 2.24) is 9.55 Å². The summed E-state index contributed by atoms with van der Waals surface area (Å²) in [4.78, 5) is 57.9. The summed E-state index contributed by atoms with van der Waals surface area (Å²) in [6.45, 7) is 2.91. The van der Waals surface area contributed by atoms with Crippen LogP contribution in [0.4, 0.5) is 0 Å². The molecule has 2 aliphatic heterocycles. The van der Waals surface area contributed by atoms with E-state index < -0.39 is 84.0 Å². The Morgan fingerprint density at radius 3 is 2.38 bits per heavy atom. The highest BCUT2D eigenvalue weighted by Gasteiger charge is 2.54. The highest BCUT2D eigenvalue weighted by atomic mass is 31.3. The minimum atomic E-state index is -5.59. The van der Waals surface area contributed by atoms with E-state index in [1.165, 1.54) is 6.20 Å². The Labute approximate surface area is 268 Å². The summed E-state index contributed by atoms with van der Waals surface area (Å²) < 4.78 is 69.8. The summed E-state index contributed by atoms with van der Waals surface area (Å²) in [5, 5.41) is 0. The fourth-order valence-corrected chi connectivity index (χ4v) is 9.46. The van der Waals surface area contributed by atoms with E-state index in [0.717, 1.165) is 10.1 Å². The molecule has 2 aromatic rings. The Morgan fingerprint density at radius 1 is 0.979 bits per heavy atom. The third kappa shape index (κ3) is 9.25. The number of nitrogens with one attached hydrogen (secondary N) is 1. The van der Waals surface area contributed by atoms with Crippen LogP contribution in [0, 0.1) is 24.7 Å². The van der Waals surface area contributed by atoms with Crippen LogP contribution in [0.15, 0.2) is 64.4 Å². The first-order chi connectivity index (χ1) is 22.1. The van der Waals surface area contributed by atoms with Gasteiger partial charge in [-0.2, -0.15) is 4.31 Å². The maximum absolute atomic E-state index is 12.9. The van der Waals surface area contributed by atoms with E-state index in [-0.39, 0.29) is 5.56 Å². The Bertz CT molecular complexity index is 1860. The SMILES string of the molecule is CCC1O[C@@H]2[C@H](O1)[C@H](n1cc(C#Cc3ccc(C)cc3)c(=O)[nH]c1=O)O[C@@H]2COP(=O)(O)OP(=O)(O)OP(=O)(O)CC1C=CC=CC1. The van der Waals surface area contributed by atoms with Gasteiger partial charge in [0.05, 0.1) is 12.8 Å². The van der Waals surface area contributed by atoms with Gasteiger partial charge in [-0.1, -0.05) is 60.8 Å². The van der Waals surface area contributed by atoms with E-state index in [2.05, 4.69) is 25.4 Å². The number of aromatic amines is 1. The normalized spacial score (nSPS) is 28.9. The van der Waals surface area contributed by atoms with Crippen molar-refractivity contribution in [2.45, 2.75) is 57.5 Å². The molecule has 1 aromatic carbocycles. The molecule has 0 saturated carbocycles. The van der Waals surface area contributed by atoms with E-state index in [1.54, 1.807) is 43.4 Å². The third-order valence-corrected chi connectivity index (χ3v) is 12.1. The number of nitrogens with zero attached hydrogens (tertiary/aromatic N) is 1. The maximum atomic E-state index is 12.9. The lowest BCUT2D eigenvalue weighted by Gasteiger charge is -2.23. The molecule has 9 atom stereocenters. The number of allylic oxidation sites excluding steroid dienone is 4. The summed E-state index contributed by atoms with van der Waals surface area (Å²) in [7, 11) is -15.8. The van der Waals surface area contributed by atoms with E-state index in [0.29, 0.717) is 18.4 Å². The predicted octanol–water partition coefficient (Wildman–Crippen LogP) is 3.23. The first kappa shape index (κ1) is 35.6. The number of benzene rings is 1. The van der Waals surface area contributed by atoms with Gasteiger partial charge in [0.2, 0.25) is 0 Å². The zero-order valence-corrected chi connectivity index (χ0v) is 27.8. The van der Waals surface area contributed by atoms with Gasteiger partial charge in [-0.15, -0.1) is 0 Å². The number of H-pyrrole nitrogens is 1. The highest BCUT2D eigenvalue weighted by molar-refractivity contribution is 7.68. The topological polar surface area (TPSA) is 222 Å². The number of hydrogen-bond acceptors (Lipinski definition) is 11. The van der Waals surface area contributed by atoms with Crippen LogP contribution < -0.4 is 11.2 Å². The average molecular weight is 714 g/mol. The molecule has 0 bridgehead atoms. The van der Waals surface area contributed by atoms with E-state index in [1.807, 2.05) is 19.1 Å². The molecule has 16 nitrogen and oxygen atoms in total. The van der Waals surface area contributed by atoms with Crippen molar-refractivity contribution < 1.29 is 55.7 Å². The fourth-order valence-electron chi connectivity index (χ4n) is 5.08. The monoisotopic (exact) mass is 714 g/mol. The standard InChI is InChI=1S/C28H33N2O14P3/c1-3-23-41-24-22(16-39-46(35,36)44-47(37,38)43-45(33,34)17-20-7-5-4-6-8-20)40-27(25(24)42-23)30-15-21(26(31)29-28(30)32)14-13-19-11-9-18(2)10-12-19/h4-7,9-12,15,20,22-25,27H,3,8,16-17H2,1-2H3,(H,33,34)(H,35,36)(H,37,38)(H,29,31,32)/t20?,22-,23?,24+,25+,27-/m1/s1. The molecule has 5 unspecified atom stereocenters. The van der Waals surface area contributed by atoms with Gasteiger partial charge in [-0.3, -0.25) is 23.4 Å². The first-order valence-electron chi connectivity index (χ1n) is 14.4. The third-order valence-electron chi connectivity index (χ3n) is 7.25. The van der Waals surface area contributed by atoms with Crippen LogP contribution in [-0.4, -0.2) is 61.6 Å². The van der Waals surface area contributed by atoms with Gasteiger partial charge in [0, 0.05) is 11.8 Å². The zero-order valence-electron chi connectivity index (χ0n) is 25.1. The molecule has 3 heterocycles. The molecule has 0 spiro atoms. The molecule has 3 aliphatic rings. The molecule has 0 amide bonds. The summed E-state index contributed by atoms with van der Waals surface area (Å²) in [6, 6.07) is 7.26. The summed E-state index contributed by atoms with van der Waals surface area (Å²) in [5.74, 6) is 5.13. The van der Waals surface area contributed by atoms with E-state index in [9.17, 15) is 38.0 Å². The van der Waals surface area contributed by atoms with Crippen LogP contribution >= 0.6 is 23.2 Å². The fraction of sp³-hybridized carbons (Fsp3) is 0.429. The van der Waals surface area contributed by atoms with Crippen molar-refractivity contribution in [2.24, 2.45) is 5.92 Å². The second-order valence-corrected chi connectivity index (χ2v) is 16.0. The van der Waals surface area contributed by atoms with Gasteiger partial charge >= 0.3 is 28.9 Å². The van der Waals surface area contributed by atoms with Gasteiger partial charge in [-0.25, -0.2) is 18.2 Å². The second kappa shape index (κ2) is 14.4. The lowest BCUT2D eigenvalue weighted by Crippen LogP contribution is -2.38. The maximum Gasteiger partial charge on any atom is 0.488 e. The number of aromatic nitrogens is 2. The number of aryl methyl sites for hydroxylation is 1. The largest absolute Gasteiger partial charge is 0.488 e. The molecular formula is C28H33N2O14P3. The minimum absolute atomic E-state index is 0.0555. The molecule has 254 valence electrons. The van der Waals surface area contributed by atoms with Gasteiger partial charge in [0.1, 0.15) is 23.9 Å². The first-order valence-corrected chi connectivity index (χ1v) is 19.2. The molecular weight excluding hydrogens is 681 g/mol. The number of phosphoric ester groups is 1. The molecule has 47 heavy (non-hydrogen) atoms. The van der Waals surface area contributed by atoms with Gasteiger partial charge in [0.15, 0.2) is 12.5 Å². The van der Waals surface area contributed by atoms with Crippen LogP contribution in [0.3, 0.4) is 0 Å². The van der Waals surface area contributed by atoms with Crippen molar-refractivity contribution in [3.8, 4) is 11.8 Å². The lowest BCUT2D eigenvalue weighted by atomic mass is 10.0. The molecule has 4 N–H and O–H groups in total. The Kier molecular flexibility index (Phi) is 10.9.